The van der Waals surface area contributed by atoms with Crippen molar-refractivity contribution in [1.29, 1.82) is 0 Å². The minimum absolute atomic E-state index is 0.258. The van der Waals surface area contributed by atoms with E-state index in [1.165, 1.54) is 6.07 Å². The molecule has 1 N–H and O–H groups in total. The van der Waals surface area contributed by atoms with E-state index in [0.29, 0.717) is 11.2 Å². The number of halogens is 1. The summed E-state index contributed by atoms with van der Waals surface area (Å²) in [6, 6.07) is 18.4. The van der Waals surface area contributed by atoms with Gasteiger partial charge in [-0.25, -0.2) is 14.4 Å². The van der Waals surface area contributed by atoms with Crippen molar-refractivity contribution in [3.05, 3.63) is 72.7 Å². The Morgan fingerprint density at radius 1 is 0.864 bits per heavy atom. The predicted molar refractivity (Wildman–Crippen MR) is 84.7 cm³/mol. The van der Waals surface area contributed by atoms with Crippen LogP contribution in [0.15, 0.2) is 66.9 Å². The van der Waals surface area contributed by atoms with Gasteiger partial charge in [0.2, 0.25) is 0 Å². The summed E-state index contributed by atoms with van der Waals surface area (Å²) in [6.45, 7) is 0. The van der Waals surface area contributed by atoms with Crippen molar-refractivity contribution in [2.24, 2.45) is 0 Å². The second-order valence-electron chi connectivity index (χ2n) is 5.03. The van der Waals surface area contributed by atoms with Gasteiger partial charge in [0.15, 0.2) is 5.65 Å². The normalized spacial score (nSPS) is 11.0. The molecule has 22 heavy (non-hydrogen) atoms. The van der Waals surface area contributed by atoms with Gasteiger partial charge in [0.25, 0.3) is 0 Å². The first-order valence-corrected chi connectivity index (χ1v) is 6.97. The molecule has 106 valence electrons. The Kier molecular flexibility index (Phi) is 2.93. The highest BCUT2D eigenvalue weighted by Crippen LogP contribution is 2.26. The van der Waals surface area contributed by atoms with Crippen LogP contribution in [0, 0.1) is 5.82 Å². The molecule has 0 aliphatic heterocycles. The van der Waals surface area contributed by atoms with Crippen LogP contribution < -0.4 is 0 Å². The van der Waals surface area contributed by atoms with E-state index in [0.717, 1.165) is 22.5 Å². The first kappa shape index (κ1) is 12.7. The van der Waals surface area contributed by atoms with E-state index in [-0.39, 0.29) is 5.82 Å². The van der Waals surface area contributed by atoms with E-state index in [1.807, 2.05) is 42.5 Å². The van der Waals surface area contributed by atoms with E-state index < -0.39 is 0 Å². The van der Waals surface area contributed by atoms with E-state index >= 15 is 0 Å². The molecule has 0 radical (unpaired) electrons. The molecule has 4 aromatic rings. The van der Waals surface area contributed by atoms with Crippen molar-refractivity contribution < 1.29 is 4.39 Å². The molecule has 0 atom stereocenters. The van der Waals surface area contributed by atoms with Crippen LogP contribution in [0.4, 0.5) is 4.39 Å². The fraction of sp³-hybridized carbons (Fsp3) is 0. The highest BCUT2D eigenvalue weighted by Gasteiger charge is 2.09. The van der Waals surface area contributed by atoms with Crippen LogP contribution in [-0.2, 0) is 0 Å². The number of nitrogens with zero attached hydrogens (tertiary/aromatic N) is 2. The first-order chi connectivity index (χ1) is 10.8. The number of benzene rings is 2. The maximum absolute atomic E-state index is 13.9. The Balaban J connectivity index is 1.84. The minimum Gasteiger partial charge on any atom is -0.337 e. The third kappa shape index (κ3) is 2.15. The Hall–Kier alpha value is -3.01. The van der Waals surface area contributed by atoms with Gasteiger partial charge >= 0.3 is 0 Å². The number of imidazole rings is 1. The number of fused-ring (bicyclic) bond motifs is 1. The van der Waals surface area contributed by atoms with E-state index in [4.69, 9.17) is 0 Å². The average molecular weight is 289 g/mol. The molecule has 0 fully saturated rings. The van der Waals surface area contributed by atoms with Crippen molar-refractivity contribution >= 4 is 11.2 Å². The summed E-state index contributed by atoms with van der Waals surface area (Å²) in [5, 5.41) is 0. The van der Waals surface area contributed by atoms with Gasteiger partial charge in [0.05, 0.1) is 5.52 Å². The minimum atomic E-state index is -0.258. The topological polar surface area (TPSA) is 41.6 Å². The van der Waals surface area contributed by atoms with Crippen molar-refractivity contribution in [3.63, 3.8) is 0 Å². The summed E-state index contributed by atoms with van der Waals surface area (Å²) < 4.78 is 13.9. The highest BCUT2D eigenvalue weighted by atomic mass is 19.1. The molecule has 0 unspecified atom stereocenters. The molecule has 2 aromatic carbocycles. The van der Waals surface area contributed by atoms with Crippen LogP contribution >= 0.6 is 0 Å². The molecule has 3 nitrogen and oxygen atoms in total. The van der Waals surface area contributed by atoms with Gasteiger partial charge in [-0.1, -0.05) is 48.5 Å². The van der Waals surface area contributed by atoms with Crippen LogP contribution in [0.25, 0.3) is 33.7 Å². The molecule has 0 bridgehead atoms. The maximum atomic E-state index is 13.9. The van der Waals surface area contributed by atoms with Crippen molar-refractivity contribution in [2.45, 2.75) is 0 Å². The maximum Gasteiger partial charge on any atom is 0.178 e. The number of nitrogens with one attached hydrogen (secondary N) is 1. The van der Waals surface area contributed by atoms with E-state index in [9.17, 15) is 4.39 Å². The zero-order valence-electron chi connectivity index (χ0n) is 11.6. The van der Waals surface area contributed by atoms with E-state index in [2.05, 4.69) is 15.0 Å². The molecular weight excluding hydrogens is 277 g/mol. The van der Waals surface area contributed by atoms with Gasteiger partial charge in [0, 0.05) is 22.9 Å². The first-order valence-electron chi connectivity index (χ1n) is 6.97. The number of aromatic amines is 1. The van der Waals surface area contributed by atoms with Crippen LogP contribution in [-0.4, -0.2) is 15.0 Å². The molecule has 0 amide bonds. The fourth-order valence-electron chi connectivity index (χ4n) is 2.48. The Morgan fingerprint density at radius 2 is 1.64 bits per heavy atom. The van der Waals surface area contributed by atoms with Crippen molar-refractivity contribution in [2.75, 3.05) is 0 Å². The second kappa shape index (κ2) is 5.07. The number of rotatable bonds is 2. The highest BCUT2D eigenvalue weighted by molar-refractivity contribution is 5.81. The molecule has 0 aliphatic rings. The predicted octanol–water partition coefficient (Wildman–Crippen LogP) is 4.43. The van der Waals surface area contributed by atoms with Gasteiger partial charge in [0.1, 0.15) is 11.6 Å². The quantitative estimate of drug-likeness (QED) is 0.593. The van der Waals surface area contributed by atoms with Gasteiger partial charge in [-0.15, -0.1) is 0 Å². The van der Waals surface area contributed by atoms with Crippen LogP contribution in [0.2, 0.25) is 0 Å². The molecule has 4 heteroatoms. The SMILES string of the molecule is Fc1ccccc1-c1cnc2nc(-c3ccccc3)[nH]c2c1. The summed E-state index contributed by atoms with van der Waals surface area (Å²) in [5.41, 5.74) is 3.67. The largest absolute Gasteiger partial charge is 0.337 e. The third-order valence-corrected chi connectivity index (χ3v) is 3.57. The van der Waals surface area contributed by atoms with Gasteiger partial charge in [-0.05, 0) is 12.1 Å². The lowest BCUT2D eigenvalue weighted by atomic mass is 10.1. The zero-order valence-corrected chi connectivity index (χ0v) is 11.6. The molecule has 0 saturated heterocycles. The Bertz CT molecular complexity index is 945. The van der Waals surface area contributed by atoms with Crippen LogP contribution in [0.3, 0.4) is 0 Å². The zero-order chi connectivity index (χ0) is 14.9. The van der Waals surface area contributed by atoms with Crippen LogP contribution in [0.5, 0.6) is 0 Å². The van der Waals surface area contributed by atoms with Crippen LogP contribution in [0.1, 0.15) is 0 Å². The molecule has 0 saturated carbocycles. The lowest BCUT2D eigenvalue weighted by Crippen LogP contribution is -1.85. The van der Waals surface area contributed by atoms with E-state index in [1.54, 1.807) is 18.3 Å². The van der Waals surface area contributed by atoms with Gasteiger partial charge in [-0.3, -0.25) is 0 Å². The summed E-state index contributed by atoms with van der Waals surface area (Å²) in [4.78, 5) is 12.1. The van der Waals surface area contributed by atoms with Gasteiger partial charge < -0.3 is 4.98 Å². The smallest absolute Gasteiger partial charge is 0.178 e. The number of aromatic nitrogens is 3. The molecular formula is C18H12FN3. The summed E-state index contributed by atoms with van der Waals surface area (Å²) in [6.07, 6.45) is 1.65. The lowest BCUT2D eigenvalue weighted by Gasteiger charge is -2.02. The number of pyridine rings is 1. The molecule has 0 spiro atoms. The number of hydrogen-bond donors (Lipinski definition) is 1. The Labute approximate surface area is 126 Å². The van der Waals surface area contributed by atoms with Gasteiger partial charge in [-0.2, -0.15) is 0 Å². The fourth-order valence-corrected chi connectivity index (χ4v) is 2.48. The number of H-pyrrole nitrogens is 1. The lowest BCUT2D eigenvalue weighted by molar-refractivity contribution is 0.631. The third-order valence-electron chi connectivity index (χ3n) is 3.57. The molecule has 2 aromatic heterocycles. The summed E-state index contributed by atoms with van der Waals surface area (Å²) >= 11 is 0. The Morgan fingerprint density at radius 3 is 2.45 bits per heavy atom. The standard InChI is InChI=1S/C18H12FN3/c19-15-9-5-4-8-14(15)13-10-16-18(20-11-13)22-17(21-16)12-6-2-1-3-7-12/h1-11H,(H,20,21,22). The molecule has 0 aliphatic carbocycles. The van der Waals surface area contributed by atoms with Crippen molar-refractivity contribution in [1.82, 2.24) is 15.0 Å². The molecule has 4 rings (SSSR count). The monoisotopic (exact) mass is 289 g/mol. The van der Waals surface area contributed by atoms with Crippen molar-refractivity contribution in [3.8, 4) is 22.5 Å². The molecule has 2 heterocycles. The average Bonchev–Trinajstić information content (AvgIpc) is 2.99. The second-order valence-corrected chi connectivity index (χ2v) is 5.03. The summed E-state index contributed by atoms with van der Waals surface area (Å²) in [7, 11) is 0. The summed E-state index contributed by atoms with van der Waals surface area (Å²) in [5.74, 6) is 0.500. The number of hydrogen-bond acceptors (Lipinski definition) is 2.